The molecule has 2 atom stereocenters. The highest BCUT2D eigenvalue weighted by Gasteiger charge is 2.21. The first-order valence-corrected chi connectivity index (χ1v) is 6.85. The lowest BCUT2D eigenvalue weighted by atomic mass is 10.0. The van der Waals surface area contributed by atoms with Gasteiger partial charge in [0.05, 0.1) is 23.2 Å². The van der Waals surface area contributed by atoms with Crippen LogP contribution < -0.4 is 0 Å². The molecule has 20 heavy (non-hydrogen) atoms. The Labute approximate surface area is 118 Å². The van der Waals surface area contributed by atoms with Crippen LogP contribution in [-0.2, 0) is 0 Å². The normalized spacial score (nSPS) is 14.3. The average Bonchev–Trinajstić information content (AvgIpc) is 2.82. The van der Waals surface area contributed by atoms with Gasteiger partial charge in [-0.1, -0.05) is 42.5 Å². The summed E-state index contributed by atoms with van der Waals surface area (Å²) in [5, 5.41) is 10.6. The first-order chi connectivity index (χ1) is 9.68. The lowest BCUT2D eigenvalue weighted by molar-refractivity contribution is 0.123. The van der Waals surface area contributed by atoms with Crippen molar-refractivity contribution in [3.8, 4) is 0 Å². The van der Waals surface area contributed by atoms with Crippen molar-refractivity contribution in [2.24, 2.45) is 0 Å². The molecule has 2 aromatic carbocycles. The number of rotatable bonds is 3. The van der Waals surface area contributed by atoms with E-state index in [1.165, 1.54) is 0 Å². The lowest BCUT2D eigenvalue weighted by Gasteiger charge is -2.22. The summed E-state index contributed by atoms with van der Waals surface area (Å²) in [6.45, 7) is 4.01. The zero-order valence-electron chi connectivity index (χ0n) is 11.7. The van der Waals surface area contributed by atoms with Gasteiger partial charge < -0.3 is 9.67 Å². The van der Waals surface area contributed by atoms with Gasteiger partial charge in [0, 0.05) is 0 Å². The van der Waals surface area contributed by atoms with Gasteiger partial charge in [0.1, 0.15) is 5.82 Å². The van der Waals surface area contributed by atoms with Gasteiger partial charge in [-0.3, -0.25) is 0 Å². The van der Waals surface area contributed by atoms with Crippen molar-refractivity contribution in [2.75, 3.05) is 0 Å². The molecule has 0 saturated carbocycles. The zero-order chi connectivity index (χ0) is 14.1. The smallest absolute Gasteiger partial charge is 0.107 e. The van der Waals surface area contributed by atoms with E-state index in [0.717, 1.165) is 22.4 Å². The molecule has 3 aromatic rings. The molecule has 0 aliphatic heterocycles. The topological polar surface area (TPSA) is 38.0 Å². The maximum Gasteiger partial charge on any atom is 0.107 e. The number of aliphatic hydroxyl groups excluding tert-OH is 1. The third kappa shape index (κ3) is 2.10. The highest BCUT2D eigenvalue weighted by atomic mass is 16.3. The van der Waals surface area contributed by atoms with Crippen LogP contribution in [0.15, 0.2) is 54.6 Å². The maximum absolute atomic E-state index is 10.6. The maximum atomic E-state index is 10.6. The van der Waals surface area contributed by atoms with Crippen molar-refractivity contribution in [1.29, 1.82) is 0 Å². The molecule has 2 unspecified atom stereocenters. The average molecular weight is 266 g/mol. The van der Waals surface area contributed by atoms with Crippen LogP contribution in [0.2, 0.25) is 0 Å². The number of hydrogen-bond acceptors (Lipinski definition) is 2. The number of hydrogen-bond donors (Lipinski definition) is 1. The summed E-state index contributed by atoms with van der Waals surface area (Å²) in [5.41, 5.74) is 2.96. The summed E-state index contributed by atoms with van der Waals surface area (Å²) in [6.07, 6.45) is -0.549. The number of imidazole rings is 1. The molecule has 0 aliphatic carbocycles. The van der Waals surface area contributed by atoms with Crippen molar-refractivity contribution < 1.29 is 5.11 Å². The summed E-state index contributed by atoms with van der Waals surface area (Å²) in [7, 11) is 0. The monoisotopic (exact) mass is 266 g/mol. The molecule has 1 heterocycles. The molecule has 0 aliphatic rings. The summed E-state index contributed by atoms with van der Waals surface area (Å²) < 4.78 is 2.10. The van der Waals surface area contributed by atoms with E-state index in [-0.39, 0.29) is 6.04 Å². The summed E-state index contributed by atoms with van der Waals surface area (Å²) in [6, 6.07) is 17.7. The van der Waals surface area contributed by atoms with Crippen LogP contribution in [0.4, 0.5) is 0 Å². The number of benzene rings is 2. The molecule has 0 radical (unpaired) electrons. The van der Waals surface area contributed by atoms with E-state index in [1.54, 1.807) is 0 Å². The molecule has 0 fully saturated rings. The second kappa shape index (κ2) is 5.10. The predicted octanol–water partition coefficient (Wildman–Crippen LogP) is 3.64. The van der Waals surface area contributed by atoms with Crippen LogP contribution in [-0.4, -0.2) is 14.7 Å². The van der Waals surface area contributed by atoms with Crippen LogP contribution in [0, 0.1) is 6.92 Å². The van der Waals surface area contributed by atoms with Crippen LogP contribution in [0.3, 0.4) is 0 Å². The molecule has 0 bridgehead atoms. The number of aryl methyl sites for hydroxylation is 1. The Morgan fingerprint density at radius 3 is 2.40 bits per heavy atom. The second-order valence-corrected chi connectivity index (χ2v) is 5.11. The molecule has 0 amide bonds. The fraction of sp³-hybridized carbons (Fsp3) is 0.235. The van der Waals surface area contributed by atoms with Gasteiger partial charge in [-0.05, 0) is 31.5 Å². The Morgan fingerprint density at radius 2 is 1.65 bits per heavy atom. The molecule has 102 valence electrons. The predicted molar refractivity (Wildman–Crippen MR) is 80.6 cm³/mol. The minimum Gasteiger partial charge on any atom is -0.386 e. The fourth-order valence-corrected chi connectivity index (χ4v) is 2.75. The van der Waals surface area contributed by atoms with Gasteiger partial charge in [0.15, 0.2) is 0 Å². The van der Waals surface area contributed by atoms with Crippen molar-refractivity contribution in [1.82, 2.24) is 9.55 Å². The quantitative estimate of drug-likeness (QED) is 0.786. The number of aliphatic hydroxyl groups is 1. The van der Waals surface area contributed by atoms with Crippen molar-refractivity contribution in [3.05, 3.63) is 66.0 Å². The summed E-state index contributed by atoms with van der Waals surface area (Å²) in [5.74, 6) is 0.925. The van der Waals surface area contributed by atoms with Gasteiger partial charge >= 0.3 is 0 Å². The molecule has 0 spiro atoms. The number of fused-ring (bicyclic) bond motifs is 1. The fourth-order valence-electron chi connectivity index (χ4n) is 2.75. The minimum atomic E-state index is -0.549. The van der Waals surface area contributed by atoms with E-state index in [2.05, 4.69) is 9.55 Å². The van der Waals surface area contributed by atoms with E-state index >= 15 is 0 Å². The second-order valence-electron chi connectivity index (χ2n) is 5.11. The van der Waals surface area contributed by atoms with Crippen LogP contribution in [0.25, 0.3) is 11.0 Å². The van der Waals surface area contributed by atoms with Gasteiger partial charge in [-0.25, -0.2) is 4.98 Å². The summed E-state index contributed by atoms with van der Waals surface area (Å²) >= 11 is 0. The summed E-state index contributed by atoms with van der Waals surface area (Å²) in [4.78, 5) is 4.56. The molecule has 1 N–H and O–H groups in total. The van der Waals surface area contributed by atoms with Crippen molar-refractivity contribution in [2.45, 2.75) is 26.0 Å². The number of para-hydroxylation sites is 2. The van der Waals surface area contributed by atoms with Gasteiger partial charge in [0.2, 0.25) is 0 Å². The molecule has 0 saturated heterocycles. The molecular formula is C17H18N2O. The molecule has 1 aromatic heterocycles. The van der Waals surface area contributed by atoms with E-state index in [1.807, 2.05) is 68.4 Å². The van der Waals surface area contributed by atoms with Gasteiger partial charge in [-0.2, -0.15) is 0 Å². The largest absolute Gasteiger partial charge is 0.386 e. The van der Waals surface area contributed by atoms with Crippen molar-refractivity contribution in [3.63, 3.8) is 0 Å². The van der Waals surface area contributed by atoms with E-state index in [0.29, 0.717) is 0 Å². The third-order valence-corrected chi connectivity index (χ3v) is 3.78. The molecular weight excluding hydrogens is 248 g/mol. The van der Waals surface area contributed by atoms with Crippen LogP contribution >= 0.6 is 0 Å². The highest BCUT2D eigenvalue weighted by Crippen LogP contribution is 2.30. The van der Waals surface area contributed by atoms with E-state index in [9.17, 15) is 5.11 Å². The first-order valence-electron chi connectivity index (χ1n) is 6.85. The minimum absolute atomic E-state index is 0.0650. The molecule has 3 rings (SSSR count). The third-order valence-electron chi connectivity index (χ3n) is 3.78. The lowest BCUT2D eigenvalue weighted by Crippen LogP contribution is -2.16. The number of nitrogens with zero attached hydrogens (tertiary/aromatic N) is 2. The standard InChI is InChI=1S/C17H18N2O/c1-12(17(20)14-8-4-3-5-9-14)19-13(2)18-15-10-6-7-11-16(15)19/h3-12,17,20H,1-2H3. The highest BCUT2D eigenvalue weighted by molar-refractivity contribution is 5.76. The Hall–Kier alpha value is -2.13. The number of aromatic nitrogens is 2. The van der Waals surface area contributed by atoms with Crippen LogP contribution in [0.5, 0.6) is 0 Å². The van der Waals surface area contributed by atoms with E-state index < -0.39 is 6.10 Å². The van der Waals surface area contributed by atoms with Crippen LogP contribution in [0.1, 0.15) is 30.5 Å². The van der Waals surface area contributed by atoms with Crippen molar-refractivity contribution >= 4 is 11.0 Å². The first kappa shape index (κ1) is 12.9. The Morgan fingerprint density at radius 1 is 1.00 bits per heavy atom. The molecule has 3 nitrogen and oxygen atoms in total. The van der Waals surface area contributed by atoms with Gasteiger partial charge in [-0.15, -0.1) is 0 Å². The Balaban J connectivity index is 2.04. The zero-order valence-corrected chi connectivity index (χ0v) is 11.7. The van der Waals surface area contributed by atoms with Gasteiger partial charge in [0.25, 0.3) is 0 Å². The molecule has 3 heteroatoms. The Bertz CT molecular complexity index is 718. The Kier molecular flexibility index (Phi) is 3.28. The van der Waals surface area contributed by atoms with E-state index in [4.69, 9.17) is 0 Å². The SMILES string of the molecule is Cc1nc2ccccc2n1C(C)C(O)c1ccccc1.